The van der Waals surface area contributed by atoms with Gasteiger partial charge in [0.05, 0.1) is 17.3 Å². The van der Waals surface area contributed by atoms with Crippen molar-refractivity contribution in [3.8, 4) is 0 Å². The Labute approximate surface area is 105 Å². The van der Waals surface area contributed by atoms with Crippen LogP contribution < -0.4 is 0 Å². The summed E-state index contributed by atoms with van der Waals surface area (Å²) < 4.78 is 6.27. The third-order valence-electron chi connectivity index (χ3n) is 2.30. The average Bonchev–Trinajstić information content (AvgIpc) is 2.46. The number of hydrogen-bond acceptors (Lipinski definition) is 4. The number of hydrogen-bond donors (Lipinski definition) is 1. The third-order valence-corrected chi connectivity index (χ3v) is 2.75. The first kappa shape index (κ1) is 14.0. The first-order chi connectivity index (χ1) is 7.77. The van der Waals surface area contributed by atoms with Gasteiger partial charge in [0.2, 0.25) is 0 Å². The zero-order chi connectivity index (χ0) is 13.2. The van der Waals surface area contributed by atoms with Gasteiger partial charge in [-0.3, -0.25) is 9.48 Å². The standard InChI is InChI=1S/C11H17ClN2O3/c1-5-17-8(15)6-14-7(2)9(12)10(13-14)11(3,4)16/h16H,5-6H2,1-4H3. The second-order valence-corrected chi connectivity index (χ2v) is 4.65. The predicted octanol–water partition coefficient (Wildman–Crippen LogP) is 1.64. The summed E-state index contributed by atoms with van der Waals surface area (Å²) in [5, 5.41) is 14.4. The highest BCUT2D eigenvalue weighted by atomic mass is 35.5. The minimum absolute atomic E-state index is 0.00449. The molecular weight excluding hydrogens is 244 g/mol. The number of ether oxygens (including phenoxy) is 1. The van der Waals surface area contributed by atoms with Gasteiger partial charge in [0.15, 0.2) is 0 Å². The predicted molar refractivity (Wildman–Crippen MR) is 63.9 cm³/mol. The summed E-state index contributed by atoms with van der Waals surface area (Å²) in [7, 11) is 0. The Hall–Kier alpha value is -1.07. The molecule has 0 aliphatic rings. The second kappa shape index (κ2) is 5.06. The van der Waals surface area contributed by atoms with Crippen LogP contribution in [0.5, 0.6) is 0 Å². The zero-order valence-electron chi connectivity index (χ0n) is 10.5. The molecule has 1 aromatic rings. The van der Waals surface area contributed by atoms with E-state index >= 15 is 0 Å². The smallest absolute Gasteiger partial charge is 0.327 e. The van der Waals surface area contributed by atoms with Crippen molar-refractivity contribution in [1.82, 2.24) is 9.78 Å². The molecule has 0 saturated heterocycles. The maximum atomic E-state index is 11.3. The van der Waals surface area contributed by atoms with Gasteiger partial charge in [0.25, 0.3) is 0 Å². The SMILES string of the molecule is CCOC(=O)Cn1nc(C(C)(C)O)c(Cl)c1C. The van der Waals surface area contributed by atoms with E-state index < -0.39 is 5.60 Å². The van der Waals surface area contributed by atoms with Gasteiger partial charge >= 0.3 is 5.97 Å². The molecule has 17 heavy (non-hydrogen) atoms. The Morgan fingerprint density at radius 3 is 2.59 bits per heavy atom. The Morgan fingerprint density at radius 2 is 2.18 bits per heavy atom. The van der Waals surface area contributed by atoms with Crippen molar-refractivity contribution in [1.29, 1.82) is 0 Å². The van der Waals surface area contributed by atoms with Crippen LogP contribution in [-0.4, -0.2) is 27.5 Å². The molecule has 1 heterocycles. The van der Waals surface area contributed by atoms with Gasteiger partial charge in [-0.1, -0.05) is 11.6 Å². The highest BCUT2D eigenvalue weighted by Crippen LogP contribution is 2.29. The number of aromatic nitrogens is 2. The molecule has 0 spiro atoms. The summed E-state index contributed by atoms with van der Waals surface area (Å²) >= 11 is 6.06. The summed E-state index contributed by atoms with van der Waals surface area (Å²) in [5.41, 5.74) is -0.139. The fraction of sp³-hybridized carbons (Fsp3) is 0.636. The lowest BCUT2D eigenvalue weighted by Crippen LogP contribution is -2.19. The average molecular weight is 261 g/mol. The van der Waals surface area contributed by atoms with Gasteiger partial charge in [-0.15, -0.1) is 0 Å². The van der Waals surface area contributed by atoms with Crippen LogP contribution in [0.1, 0.15) is 32.2 Å². The fourth-order valence-electron chi connectivity index (χ4n) is 1.40. The van der Waals surface area contributed by atoms with Gasteiger partial charge in [-0.05, 0) is 27.7 Å². The van der Waals surface area contributed by atoms with E-state index in [2.05, 4.69) is 5.10 Å². The molecule has 96 valence electrons. The van der Waals surface area contributed by atoms with Crippen molar-refractivity contribution >= 4 is 17.6 Å². The quantitative estimate of drug-likeness (QED) is 0.836. The molecular formula is C11H17ClN2O3. The maximum Gasteiger partial charge on any atom is 0.327 e. The molecule has 0 amide bonds. The van der Waals surface area contributed by atoms with Crippen molar-refractivity contribution in [3.63, 3.8) is 0 Å². The molecule has 6 heteroatoms. The Bertz CT molecular complexity index is 421. The fourth-order valence-corrected chi connectivity index (χ4v) is 1.76. The van der Waals surface area contributed by atoms with E-state index in [1.54, 1.807) is 27.7 Å². The van der Waals surface area contributed by atoms with E-state index in [1.165, 1.54) is 4.68 Å². The van der Waals surface area contributed by atoms with Gasteiger partial charge in [-0.2, -0.15) is 5.10 Å². The summed E-state index contributed by atoms with van der Waals surface area (Å²) in [6, 6.07) is 0. The molecule has 5 nitrogen and oxygen atoms in total. The molecule has 0 saturated carbocycles. The lowest BCUT2D eigenvalue weighted by Gasteiger charge is -2.14. The van der Waals surface area contributed by atoms with Crippen LogP contribution in [0.4, 0.5) is 0 Å². The molecule has 0 fully saturated rings. The number of esters is 1. The second-order valence-electron chi connectivity index (χ2n) is 4.27. The van der Waals surface area contributed by atoms with E-state index in [1.807, 2.05) is 0 Å². The number of carbonyl (C=O) groups is 1. The molecule has 0 radical (unpaired) electrons. The Balaban J connectivity index is 3.00. The van der Waals surface area contributed by atoms with Gasteiger partial charge in [0.1, 0.15) is 17.8 Å². The van der Waals surface area contributed by atoms with E-state index in [0.717, 1.165) is 0 Å². The molecule has 1 aromatic heterocycles. The van der Waals surface area contributed by atoms with Gasteiger partial charge in [0, 0.05) is 0 Å². The molecule has 1 rings (SSSR count). The molecule has 1 N–H and O–H groups in total. The van der Waals surface area contributed by atoms with Gasteiger partial charge < -0.3 is 9.84 Å². The van der Waals surface area contributed by atoms with Crippen molar-refractivity contribution in [2.45, 2.75) is 39.8 Å². The van der Waals surface area contributed by atoms with Crippen LogP contribution in [0, 0.1) is 6.92 Å². The molecule has 0 bridgehead atoms. The lowest BCUT2D eigenvalue weighted by atomic mass is 10.1. The minimum Gasteiger partial charge on any atom is -0.465 e. The highest BCUT2D eigenvalue weighted by molar-refractivity contribution is 6.32. The van der Waals surface area contributed by atoms with Crippen LogP contribution in [-0.2, 0) is 21.7 Å². The van der Waals surface area contributed by atoms with Crippen molar-refractivity contribution < 1.29 is 14.6 Å². The van der Waals surface area contributed by atoms with Crippen molar-refractivity contribution in [2.24, 2.45) is 0 Å². The molecule has 0 unspecified atom stereocenters. The highest BCUT2D eigenvalue weighted by Gasteiger charge is 2.26. The van der Waals surface area contributed by atoms with E-state index in [0.29, 0.717) is 23.0 Å². The lowest BCUT2D eigenvalue weighted by molar-refractivity contribution is -0.144. The summed E-state index contributed by atoms with van der Waals surface area (Å²) in [4.78, 5) is 11.3. The first-order valence-electron chi connectivity index (χ1n) is 5.38. The van der Waals surface area contributed by atoms with Crippen LogP contribution in [0.2, 0.25) is 5.02 Å². The number of halogens is 1. The van der Waals surface area contributed by atoms with Crippen molar-refractivity contribution in [2.75, 3.05) is 6.61 Å². The van der Waals surface area contributed by atoms with E-state index in [-0.39, 0.29) is 12.5 Å². The molecule has 0 aliphatic heterocycles. The van der Waals surface area contributed by atoms with Crippen molar-refractivity contribution in [3.05, 3.63) is 16.4 Å². The van der Waals surface area contributed by atoms with E-state index in [4.69, 9.17) is 16.3 Å². The monoisotopic (exact) mass is 260 g/mol. The normalized spacial score (nSPS) is 11.6. The molecule has 0 atom stereocenters. The Kier molecular flexibility index (Phi) is 4.16. The maximum absolute atomic E-state index is 11.3. The number of carbonyl (C=O) groups excluding carboxylic acids is 1. The summed E-state index contributed by atoms with van der Waals surface area (Å²) in [6.07, 6.45) is 0. The number of rotatable bonds is 4. The van der Waals surface area contributed by atoms with Crippen LogP contribution in [0.3, 0.4) is 0 Å². The largest absolute Gasteiger partial charge is 0.465 e. The van der Waals surface area contributed by atoms with E-state index in [9.17, 15) is 9.90 Å². The van der Waals surface area contributed by atoms with Gasteiger partial charge in [-0.25, -0.2) is 0 Å². The Morgan fingerprint density at radius 1 is 1.59 bits per heavy atom. The first-order valence-corrected chi connectivity index (χ1v) is 5.76. The number of aliphatic hydroxyl groups is 1. The topological polar surface area (TPSA) is 64.4 Å². The van der Waals surface area contributed by atoms with Crippen LogP contribution in [0.25, 0.3) is 0 Å². The minimum atomic E-state index is -1.14. The van der Waals surface area contributed by atoms with Crippen LogP contribution in [0.15, 0.2) is 0 Å². The zero-order valence-corrected chi connectivity index (χ0v) is 11.2. The summed E-state index contributed by atoms with van der Waals surface area (Å²) in [6.45, 7) is 6.98. The molecule has 0 aliphatic carbocycles. The third kappa shape index (κ3) is 3.20. The molecule has 0 aromatic carbocycles. The number of nitrogens with zero attached hydrogens (tertiary/aromatic N) is 2. The van der Waals surface area contributed by atoms with Crippen LogP contribution >= 0.6 is 11.6 Å². The summed E-state index contributed by atoms with van der Waals surface area (Å²) in [5.74, 6) is -0.378.